The lowest BCUT2D eigenvalue weighted by atomic mass is 10.1. The van der Waals surface area contributed by atoms with E-state index in [1.165, 1.54) is 5.56 Å². The zero-order valence-corrected chi connectivity index (χ0v) is 8.29. The molecule has 0 aliphatic carbocycles. The van der Waals surface area contributed by atoms with Crippen LogP contribution in [-0.2, 0) is 4.74 Å². The predicted octanol–water partition coefficient (Wildman–Crippen LogP) is 1.98. The number of ether oxygens (including phenoxy) is 1. The topological polar surface area (TPSA) is 21.3 Å². The van der Waals surface area contributed by atoms with Gasteiger partial charge in [0, 0.05) is 19.7 Å². The van der Waals surface area contributed by atoms with E-state index in [1.807, 2.05) is 6.07 Å². The first kappa shape index (κ1) is 10.2. The predicted molar refractivity (Wildman–Crippen MR) is 54.7 cm³/mol. The normalized spacial score (nSPS) is 12.8. The average Bonchev–Trinajstić information content (AvgIpc) is 2.19. The maximum atomic E-state index is 4.97. The second kappa shape index (κ2) is 5.73. The summed E-state index contributed by atoms with van der Waals surface area (Å²) in [5, 5.41) is 3.37. The molecule has 2 nitrogen and oxygen atoms in total. The van der Waals surface area contributed by atoms with Gasteiger partial charge in [0.2, 0.25) is 0 Å². The fourth-order valence-corrected chi connectivity index (χ4v) is 1.24. The van der Waals surface area contributed by atoms with E-state index in [4.69, 9.17) is 4.74 Å². The Morgan fingerprint density at radius 3 is 2.62 bits per heavy atom. The zero-order chi connectivity index (χ0) is 9.52. The molecule has 0 unspecified atom stereocenters. The molecule has 0 spiro atoms. The molecule has 0 heterocycles. The van der Waals surface area contributed by atoms with Gasteiger partial charge in [0.25, 0.3) is 0 Å². The lowest BCUT2D eigenvalue weighted by Gasteiger charge is -2.13. The lowest BCUT2D eigenvalue weighted by Crippen LogP contribution is -2.22. The molecule has 0 saturated heterocycles. The highest BCUT2D eigenvalue weighted by Gasteiger charge is 2.01. The van der Waals surface area contributed by atoms with E-state index in [9.17, 15) is 0 Å². The molecule has 0 saturated carbocycles. The molecule has 1 aromatic carbocycles. The molecule has 72 valence electrons. The van der Waals surface area contributed by atoms with Gasteiger partial charge in [0.1, 0.15) is 0 Å². The van der Waals surface area contributed by atoms with Crippen LogP contribution >= 0.6 is 0 Å². The molecule has 13 heavy (non-hydrogen) atoms. The summed E-state index contributed by atoms with van der Waals surface area (Å²) in [4.78, 5) is 0. The molecule has 0 aliphatic rings. The Hall–Kier alpha value is -0.860. The molecule has 0 amide bonds. The molecule has 1 atom stereocenters. The van der Waals surface area contributed by atoms with Gasteiger partial charge in [0.15, 0.2) is 0 Å². The van der Waals surface area contributed by atoms with Gasteiger partial charge in [-0.3, -0.25) is 0 Å². The van der Waals surface area contributed by atoms with Crippen LogP contribution in [0.3, 0.4) is 0 Å². The van der Waals surface area contributed by atoms with Crippen LogP contribution in [0.5, 0.6) is 0 Å². The van der Waals surface area contributed by atoms with Crippen LogP contribution in [0.2, 0.25) is 0 Å². The van der Waals surface area contributed by atoms with E-state index in [0.717, 1.165) is 13.2 Å². The van der Waals surface area contributed by atoms with Crippen molar-refractivity contribution >= 4 is 0 Å². The van der Waals surface area contributed by atoms with E-state index in [2.05, 4.69) is 36.5 Å². The van der Waals surface area contributed by atoms with Crippen LogP contribution in [-0.4, -0.2) is 20.3 Å². The fraction of sp³-hybridized carbons (Fsp3) is 0.455. The number of methoxy groups -OCH3 is 1. The Bertz CT molecular complexity index is 223. The van der Waals surface area contributed by atoms with Crippen molar-refractivity contribution in [1.82, 2.24) is 5.32 Å². The Labute approximate surface area is 79.9 Å². The van der Waals surface area contributed by atoms with Crippen molar-refractivity contribution in [3.8, 4) is 0 Å². The quantitative estimate of drug-likeness (QED) is 0.698. The van der Waals surface area contributed by atoms with Gasteiger partial charge in [0.05, 0.1) is 6.61 Å². The van der Waals surface area contributed by atoms with Crippen molar-refractivity contribution in [2.75, 3.05) is 20.3 Å². The van der Waals surface area contributed by atoms with E-state index in [1.54, 1.807) is 7.11 Å². The molecular formula is C11H17NO. The van der Waals surface area contributed by atoms with E-state index >= 15 is 0 Å². The molecule has 1 N–H and O–H groups in total. The first-order chi connectivity index (χ1) is 6.34. The van der Waals surface area contributed by atoms with Crippen molar-refractivity contribution in [2.24, 2.45) is 0 Å². The van der Waals surface area contributed by atoms with Gasteiger partial charge in [-0.25, -0.2) is 0 Å². The fourth-order valence-electron chi connectivity index (χ4n) is 1.24. The van der Waals surface area contributed by atoms with Gasteiger partial charge in [-0.2, -0.15) is 0 Å². The van der Waals surface area contributed by atoms with Crippen molar-refractivity contribution in [1.29, 1.82) is 0 Å². The third-order valence-electron chi connectivity index (χ3n) is 2.06. The summed E-state index contributed by atoms with van der Waals surface area (Å²) in [5.74, 6) is 0. The minimum absolute atomic E-state index is 0.399. The summed E-state index contributed by atoms with van der Waals surface area (Å²) < 4.78 is 4.97. The smallest absolute Gasteiger partial charge is 0.0587 e. The first-order valence-corrected chi connectivity index (χ1v) is 4.62. The molecule has 0 aliphatic heterocycles. The van der Waals surface area contributed by atoms with Gasteiger partial charge in [-0.15, -0.1) is 0 Å². The van der Waals surface area contributed by atoms with Crippen LogP contribution in [0.15, 0.2) is 30.3 Å². The summed E-state index contributed by atoms with van der Waals surface area (Å²) >= 11 is 0. The Morgan fingerprint density at radius 1 is 1.31 bits per heavy atom. The Morgan fingerprint density at radius 2 is 2.00 bits per heavy atom. The Kier molecular flexibility index (Phi) is 4.50. The molecule has 0 bridgehead atoms. The summed E-state index contributed by atoms with van der Waals surface area (Å²) in [6.45, 7) is 3.81. The van der Waals surface area contributed by atoms with Gasteiger partial charge >= 0.3 is 0 Å². The summed E-state index contributed by atoms with van der Waals surface area (Å²) in [6.07, 6.45) is 0. The number of benzene rings is 1. The van der Waals surface area contributed by atoms with Crippen molar-refractivity contribution in [3.05, 3.63) is 35.9 Å². The maximum absolute atomic E-state index is 4.97. The minimum Gasteiger partial charge on any atom is -0.383 e. The van der Waals surface area contributed by atoms with Crippen LogP contribution in [0.25, 0.3) is 0 Å². The molecule has 2 heteroatoms. The molecule has 1 aromatic rings. The number of hydrogen-bond acceptors (Lipinski definition) is 2. The van der Waals surface area contributed by atoms with Gasteiger partial charge in [-0.1, -0.05) is 30.3 Å². The van der Waals surface area contributed by atoms with E-state index in [0.29, 0.717) is 6.04 Å². The summed E-state index contributed by atoms with van der Waals surface area (Å²) in [5.41, 5.74) is 1.32. The minimum atomic E-state index is 0.399. The van der Waals surface area contributed by atoms with Crippen LogP contribution in [0.4, 0.5) is 0 Å². The second-order valence-corrected chi connectivity index (χ2v) is 3.08. The highest BCUT2D eigenvalue weighted by atomic mass is 16.5. The van der Waals surface area contributed by atoms with Crippen molar-refractivity contribution < 1.29 is 4.74 Å². The van der Waals surface area contributed by atoms with E-state index < -0.39 is 0 Å². The summed E-state index contributed by atoms with van der Waals surface area (Å²) in [6, 6.07) is 10.8. The number of nitrogens with one attached hydrogen (secondary N) is 1. The molecular weight excluding hydrogens is 162 g/mol. The molecule has 0 radical (unpaired) electrons. The largest absolute Gasteiger partial charge is 0.383 e. The zero-order valence-electron chi connectivity index (χ0n) is 8.29. The van der Waals surface area contributed by atoms with Crippen LogP contribution < -0.4 is 5.32 Å². The third kappa shape index (κ3) is 3.57. The lowest BCUT2D eigenvalue weighted by molar-refractivity contribution is 0.196. The molecule has 0 aromatic heterocycles. The number of hydrogen-bond donors (Lipinski definition) is 1. The third-order valence-corrected chi connectivity index (χ3v) is 2.06. The Balaban J connectivity index is 2.35. The van der Waals surface area contributed by atoms with Crippen LogP contribution in [0.1, 0.15) is 18.5 Å². The molecule has 0 fully saturated rings. The standard InChI is InChI=1S/C11H17NO/c1-10(12-8-9-13-2)11-6-4-3-5-7-11/h3-7,10,12H,8-9H2,1-2H3/t10-/m1/s1. The second-order valence-electron chi connectivity index (χ2n) is 3.08. The summed E-state index contributed by atoms with van der Waals surface area (Å²) in [7, 11) is 1.72. The SMILES string of the molecule is COCCN[C@H](C)c1ccccc1. The first-order valence-electron chi connectivity index (χ1n) is 4.62. The van der Waals surface area contributed by atoms with Gasteiger partial charge < -0.3 is 10.1 Å². The number of rotatable bonds is 5. The van der Waals surface area contributed by atoms with Gasteiger partial charge in [-0.05, 0) is 12.5 Å². The van der Waals surface area contributed by atoms with E-state index in [-0.39, 0.29) is 0 Å². The van der Waals surface area contributed by atoms with Crippen LogP contribution in [0, 0.1) is 0 Å². The monoisotopic (exact) mass is 179 g/mol. The highest BCUT2D eigenvalue weighted by Crippen LogP contribution is 2.10. The van der Waals surface area contributed by atoms with Crippen molar-refractivity contribution in [3.63, 3.8) is 0 Å². The molecule has 1 rings (SSSR count). The maximum Gasteiger partial charge on any atom is 0.0587 e. The van der Waals surface area contributed by atoms with Crippen molar-refractivity contribution in [2.45, 2.75) is 13.0 Å². The average molecular weight is 179 g/mol. The highest BCUT2D eigenvalue weighted by molar-refractivity contribution is 5.17.